The van der Waals surface area contributed by atoms with E-state index in [0.29, 0.717) is 0 Å². The molecule has 0 amide bonds. The van der Waals surface area contributed by atoms with E-state index in [0.717, 1.165) is 19.0 Å². The molecule has 0 saturated heterocycles. The van der Waals surface area contributed by atoms with Crippen molar-refractivity contribution in [3.63, 3.8) is 0 Å². The Kier molecular flexibility index (Phi) is 5.39. The molecular formula is C16H28N2O. The molecule has 0 aliphatic carbocycles. The Bertz CT molecular complexity index is 439. The maximum Gasteiger partial charge on any atom is 0.124 e. The molecular weight excluding hydrogens is 236 g/mol. The van der Waals surface area contributed by atoms with Crippen molar-refractivity contribution < 1.29 is 4.74 Å². The zero-order chi connectivity index (χ0) is 14.6. The minimum absolute atomic E-state index is 0.0999. The van der Waals surface area contributed by atoms with Gasteiger partial charge in [-0.1, -0.05) is 19.9 Å². The Labute approximate surface area is 117 Å². The molecule has 1 aromatic rings. The van der Waals surface area contributed by atoms with Crippen LogP contribution < -0.4 is 15.4 Å². The standard InChI is InChI=1S/C16H28N2O/c1-11-8-14(12(2)13(3)15(11)19-7)16(4,5)9-18-10-17-6/h8,17-18H,9-10H2,1-7H3. The van der Waals surface area contributed by atoms with E-state index in [2.05, 4.69) is 51.3 Å². The van der Waals surface area contributed by atoms with E-state index in [-0.39, 0.29) is 5.41 Å². The molecule has 0 aliphatic rings. The van der Waals surface area contributed by atoms with Crippen molar-refractivity contribution in [1.29, 1.82) is 0 Å². The number of benzene rings is 1. The Morgan fingerprint density at radius 2 is 1.79 bits per heavy atom. The largest absolute Gasteiger partial charge is 0.496 e. The van der Waals surface area contributed by atoms with Gasteiger partial charge in [0.25, 0.3) is 0 Å². The number of rotatable bonds is 6. The van der Waals surface area contributed by atoms with Crippen molar-refractivity contribution in [3.8, 4) is 5.75 Å². The lowest BCUT2D eigenvalue weighted by Crippen LogP contribution is -2.37. The third kappa shape index (κ3) is 3.48. The first-order valence-electron chi connectivity index (χ1n) is 6.85. The lowest BCUT2D eigenvalue weighted by atomic mass is 9.79. The lowest BCUT2D eigenvalue weighted by Gasteiger charge is -2.29. The van der Waals surface area contributed by atoms with Crippen LogP contribution in [0.4, 0.5) is 0 Å². The lowest BCUT2D eigenvalue weighted by molar-refractivity contribution is 0.406. The van der Waals surface area contributed by atoms with Crippen molar-refractivity contribution in [2.75, 3.05) is 27.4 Å². The van der Waals surface area contributed by atoms with Crippen LogP contribution in [0.1, 0.15) is 36.1 Å². The first-order valence-corrected chi connectivity index (χ1v) is 6.85. The van der Waals surface area contributed by atoms with Gasteiger partial charge in [0.05, 0.1) is 7.11 Å². The molecule has 19 heavy (non-hydrogen) atoms. The monoisotopic (exact) mass is 264 g/mol. The van der Waals surface area contributed by atoms with Crippen LogP contribution in [-0.4, -0.2) is 27.4 Å². The number of ether oxygens (including phenoxy) is 1. The molecule has 2 N–H and O–H groups in total. The zero-order valence-electron chi connectivity index (χ0n) is 13.4. The van der Waals surface area contributed by atoms with Crippen molar-refractivity contribution in [2.45, 2.75) is 40.0 Å². The van der Waals surface area contributed by atoms with Gasteiger partial charge >= 0.3 is 0 Å². The van der Waals surface area contributed by atoms with E-state index in [9.17, 15) is 0 Å². The highest BCUT2D eigenvalue weighted by Gasteiger charge is 2.24. The molecule has 1 aromatic carbocycles. The molecule has 0 saturated carbocycles. The minimum atomic E-state index is 0.0999. The van der Waals surface area contributed by atoms with E-state index < -0.39 is 0 Å². The molecule has 0 heterocycles. The quantitative estimate of drug-likeness (QED) is 0.612. The second-order valence-corrected chi connectivity index (χ2v) is 5.87. The average Bonchev–Trinajstić information content (AvgIpc) is 2.34. The third-order valence-corrected chi connectivity index (χ3v) is 3.83. The first kappa shape index (κ1) is 16.0. The molecule has 108 valence electrons. The summed E-state index contributed by atoms with van der Waals surface area (Å²) in [6.45, 7) is 12.8. The van der Waals surface area contributed by atoms with Gasteiger partial charge in [-0.15, -0.1) is 0 Å². The van der Waals surface area contributed by atoms with Crippen LogP contribution >= 0.6 is 0 Å². The maximum absolute atomic E-state index is 5.50. The van der Waals surface area contributed by atoms with Gasteiger partial charge in [-0.2, -0.15) is 0 Å². The molecule has 0 aromatic heterocycles. The molecule has 3 nitrogen and oxygen atoms in total. The predicted octanol–water partition coefficient (Wildman–Crippen LogP) is 2.66. The van der Waals surface area contributed by atoms with Crippen LogP contribution in [0.3, 0.4) is 0 Å². The summed E-state index contributed by atoms with van der Waals surface area (Å²) in [4.78, 5) is 0. The Balaban J connectivity index is 3.13. The van der Waals surface area contributed by atoms with Gasteiger partial charge in [-0.05, 0) is 50.1 Å². The highest BCUT2D eigenvalue weighted by Crippen LogP contribution is 2.34. The number of aryl methyl sites for hydroxylation is 1. The van der Waals surface area contributed by atoms with Crippen LogP contribution in [0.15, 0.2) is 6.07 Å². The van der Waals surface area contributed by atoms with Crippen molar-refractivity contribution in [3.05, 3.63) is 28.3 Å². The van der Waals surface area contributed by atoms with Gasteiger partial charge in [0.15, 0.2) is 0 Å². The average molecular weight is 264 g/mol. The van der Waals surface area contributed by atoms with E-state index in [4.69, 9.17) is 4.74 Å². The van der Waals surface area contributed by atoms with E-state index in [1.807, 2.05) is 7.05 Å². The van der Waals surface area contributed by atoms with Gasteiger partial charge in [-0.25, -0.2) is 0 Å². The number of nitrogens with one attached hydrogen (secondary N) is 2. The fourth-order valence-electron chi connectivity index (χ4n) is 2.67. The molecule has 3 heteroatoms. The van der Waals surface area contributed by atoms with E-state index >= 15 is 0 Å². The molecule has 0 spiro atoms. The summed E-state index contributed by atoms with van der Waals surface area (Å²) < 4.78 is 5.50. The van der Waals surface area contributed by atoms with Crippen molar-refractivity contribution in [2.24, 2.45) is 0 Å². The summed E-state index contributed by atoms with van der Waals surface area (Å²) >= 11 is 0. The molecule has 0 fully saturated rings. The Morgan fingerprint density at radius 3 is 2.32 bits per heavy atom. The zero-order valence-corrected chi connectivity index (χ0v) is 13.4. The predicted molar refractivity (Wildman–Crippen MR) is 82.2 cm³/mol. The van der Waals surface area contributed by atoms with Gasteiger partial charge in [0.2, 0.25) is 0 Å². The normalized spacial score (nSPS) is 11.7. The van der Waals surface area contributed by atoms with Crippen LogP contribution in [0.2, 0.25) is 0 Å². The number of hydrogen-bond donors (Lipinski definition) is 2. The summed E-state index contributed by atoms with van der Waals surface area (Å²) in [6.07, 6.45) is 0. The summed E-state index contributed by atoms with van der Waals surface area (Å²) in [7, 11) is 3.70. The summed E-state index contributed by atoms with van der Waals surface area (Å²) in [5.41, 5.74) is 5.29. The summed E-state index contributed by atoms with van der Waals surface area (Å²) in [6, 6.07) is 2.27. The number of methoxy groups -OCH3 is 1. The fourth-order valence-corrected chi connectivity index (χ4v) is 2.67. The van der Waals surface area contributed by atoms with Crippen molar-refractivity contribution >= 4 is 0 Å². The molecule has 0 bridgehead atoms. The Morgan fingerprint density at radius 1 is 1.16 bits per heavy atom. The minimum Gasteiger partial charge on any atom is -0.496 e. The molecule has 1 rings (SSSR count). The molecule has 0 radical (unpaired) electrons. The molecule has 0 unspecified atom stereocenters. The fraction of sp³-hybridized carbons (Fsp3) is 0.625. The first-order chi connectivity index (χ1) is 8.85. The highest BCUT2D eigenvalue weighted by molar-refractivity contribution is 5.51. The highest BCUT2D eigenvalue weighted by atomic mass is 16.5. The van der Waals surface area contributed by atoms with Crippen LogP contribution in [0, 0.1) is 20.8 Å². The second kappa shape index (κ2) is 6.40. The topological polar surface area (TPSA) is 33.3 Å². The van der Waals surface area contributed by atoms with Crippen molar-refractivity contribution in [1.82, 2.24) is 10.6 Å². The third-order valence-electron chi connectivity index (χ3n) is 3.83. The molecule has 0 atom stereocenters. The van der Waals surface area contributed by atoms with Crippen LogP contribution in [0.25, 0.3) is 0 Å². The Hall–Kier alpha value is -1.06. The van der Waals surface area contributed by atoms with Crippen LogP contribution in [-0.2, 0) is 5.41 Å². The number of hydrogen-bond acceptors (Lipinski definition) is 3. The van der Waals surface area contributed by atoms with E-state index in [1.54, 1.807) is 7.11 Å². The van der Waals surface area contributed by atoms with Crippen LogP contribution in [0.5, 0.6) is 5.75 Å². The van der Waals surface area contributed by atoms with Gasteiger partial charge < -0.3 is 15.4 Å². The van der Waals surface area contributed by atoms with E-state index in [1.165, 1.54) is 22.3 Å². The second-order valence-electron chi connectivity index (χ2n) is 5.87. The van der Waals surface area contributed by atoms with Gasteiger partial charge in [0.1, 0.15) is 5.75 Å². The summed E-state index contributed by atoms with van der Waals surface area (Å²) in [5.74, 6) is 1.01. The van der Waals surface area contributed by atoms with Gasteiger partial charge in [0, 0.05) is 18.6 Å². The smallest absolute Gasteiger partial charge is 0.124 e. The molecule has 0 aliphatic heterocycles. The maximum atomic E-state index is 5.50. The summed E-state index contributed by atoms with van der Waals surface area (Å²) in [5, 5.41) is 6.54. The SMILES string of the molecule is CNCNCC(C)(C)c1cc(C)c(OC)c(C)c1C. The van der Waals surface area contributed by atoms with Gasteiger partial charge in [-0.3, -0.25) is 0 Å².